The van der Waals surface area contributed by atoms with Crippen LogP contribution >= 0.6 is 11.6 Å². The van der Waals surface area contributed by atoms with Crippen LogP contribution in [0.5, 0.6) is 0 Å². The van der Waals surface area contributed by atoms with Crippen LogP contribution in [0.4, 0.5) is 0 Å². The average Bonchev–Trinajstić information content (AvgIpc) is 2.81. The average molecular weight is 307 g/mol. The van der Waals surface area contributed by atoms with E-state index in [0.717, 1.165) is 36.6 Å². The van der Waals surface area contributed by atoms with Gasteiger partial charge in [0.2, 0.25) is 0 Å². The lowest BCUT2D eigenvalue weighted by atomic mass is 9.92. The van der Waals surface area contributed by atoms with Gasteiger partial charge in [0.05, 0.1) is 5.02 Å². The van der Waals surface area contributed by atoms with Gasteiger partial charge in [0.15, 0.2) is 11.3 Å². The number of carbonyl (C=O) groups is 1. The van der Waals surface area contributed by atoms with Crippen molar-refractivity contribution in [3.8, 4) is 0 Å². The summed E-state index contributed by atoms with van der Waals surface area (Å²) in [4.78, 5) is 12.4. The summed E-state index contributed by atoms with van der Waals surface area (Å²) in [5.41, 5.74) is 7.29. The summed E-state index contributed by atoms with van der Waals surface area (Å²) in [6.07, 6.45) is 3.76. The normalized spacial score (nSPS) is 22.4. The molecule has 1 heterocycles. The summed E-state index contributed by atoms with van der Waals surface area (Å²) in [5, 5.41) is 4.46. The lowest BCUT2D eigenvalue weighted by Crippen LogP contribution is -2.40. The molecule has 0 bridgehead atoms. The monoisotopic (exact) mass is 306 g/mol. The largest absolute Gasteiger partial charge is 0.449 e. The smallest absolute Gasteiger partial charge is 0.287 e. The number of aryl methyl sites for hydroxylation is 1. The van der Waals surface area contributed by atoms with Crippen LogP contribution in [-0.2, 0) is 0 Å². The minimum atomic E-state index is -0.166. The molecular weight excluding hydrogens is 288 g/mol. The zero-order valence-electron chi connectivity index (χ0n) is 12.0. The van der Waals surface area contributed by atoms with E-state index < -0.39 is 0 Å². The maximum atomic E-state index is 12.4. The topological polar surface area (TPSA) is 68.3 Å². The molecule has 1 fully saturated rings. The third-order valence-electron chi connectivity index (χ3n) is 4.23. The first-order valence-electron chi connectivity index (χ1n) is 7.30. The van der Waals surface area contributed by atoms with Crippen molar-refractivity contribution in [2.24, 2.45) is 5.73 Å². The number of para-hydroxylation sites is 1. The molecule has 3 N–H and O–H groups in total. The lowest BCUT2D eigenvalue weighted by molar-refractivity contribution is 0.0899. The van der Waals surface area contributed by atoms with Crippen molar-refractivity contribution in [1.29, 1.82) is 0 Å². The molecule has 0 spiro atoms. The van der Waals surface area contributed by atoms with Crippen LogP contribution in [0, 0.1) is 6.92 Å². The van der Waals surface area contributed by atoms with E-state index in [-0.39, 0.29) is 18.0 Å². The van der Waals surface area contributed by atoms with Gasteiger partial charge in [0.1, 0.15) is 0 Å². The maximum Gasteiger partial charge on any atom is 0.287 e. The number of carbonyl (C=O) groups excluding carboxylic acids is 1. The Labute approximate surface area is 128 Å². The first kappa shape index (κ1) is 14.4. The Bertz CT molecular complexity index is 672. The molecule has 1 aromatic heterocycles. The fourth-order valence-corrected chi connectivity index (χ4v) is 3.15. The van der Waals surface area contributed by atoms with Crippen LogP contribution in [0.15, 0.2) is 22.6 Å². The van der Waals surface area contributed by atoms with Gasteiger partial charge in [-0.3, -0.25) is 4.79 Å². The van der Waals surface area contributed by atoms with Crippen LogP contribution in [0.3, 0.4) is 0 Å². The molecule has 2 aromatic rings. The van der Waals surface area contributed by atoms with Crippen LogP contribution in [0.25, 0.3) is 11.0 Å². The van der Waals surface area contributed by atoms with Gasteiger partial charge in [-0.15, -0.1) is 0 Å². The second-order valence-corrected chi connectivity index (χ2v) is 6.17. The van der Waals surface area contributed by atoms with Gasteiger partial charge >= 0.3 is 0 Å². The summed E-state index contributed by atoms with van der Waals surface area (Å²) < 4.78 is 5.69. The lowest BCUT2D eigenvalue weighted by Gasteiger charge is -2.26. The molecule has 0 radical (unpaired) electrons. The molecule has 112 valence electrons. The summed E-state index contributed by atoms with van der Waals surface area (Å²) in [6.45, 7) is 1.88. The van der Waals surface area contributed by atoms with E-state index in [1.165, 1.54) is 0 Å². The van der Waals surface area contributed by atoms with E-state index in [9.17, 15) is 4.79 Å². The van der Waals surface area contributed by atoms with E-state index in [2.05, 4.69) is 5.32 Å². The summed E-state index contributed by atoms with van der Waals surface area (Å²) in [5.74, 6) is 0.188. The molecule has 21 heavy (non-hydrogen) atoms. The molecular formula is C16H19ClN2O2. The van der Waals surface area contributed by atoms with Crippen LogP contribution < -0.4 is 11.1 Å². The Kier molecular flexibility index (Phi) is 3.91. The molecule has 0 aliphatic heterocycles. The minimum Gasteiger partial charge on any atom is -0.449 e. The fourth-order valence-electron chi connectivity index (χ4n) is 2.94. The Balaban J connectivity index is 1.82. The van der Waals surface area contributed by atoms with Gasteiger partial charge in [0, 0.05) is 23.0 Å². The third kappa shape index (κ3) is 2.78. The zero-order valence-corrected chi connectivity index (χ0v) is 12.7. The molecule has 0 saturated heterocycles. The Morgan fingerprint density at radius 1 is 1.33 bits per heavy atom. The molecule has 1 aliphatic rings. The third-order valence-corrected chi connectivity index (χ3v) is 4.53. The van der Waals surface area contributed by atoms with Crippen molar-refractivity contribution in [2.45, 2.75) is 44.7 Å². The Morgan fingerprint density at radius 2 is 2.05 bits per heavy atom. The standard InChI is InChI=1S/C16H19ClN2O2/c1-9-12-3-2-4-13(17)15(12)21-14(9)16(20)19-11-7-5-10(18)6-8-11/h2-4,10-11H,5-8,18H2,1H3,(H,19,20). The number of fused-ring (bicyclic) bond motifs is 1. The van der Waals surface area contributed by atoms with E-state index >= 15 is 0 Å². The highest BCUT2D eigenvalue weighted by atomic mass is 35.5. The molecule has 4 nitrogen and oxygen atoms in total. The number of halogens is 1. The second kappa shape index (κ2) is 5.70. The summed E-state index contributed by atoms with van der Waals surface area (Å²) >= 11 is 6.12. The van der Waals surface area contributed by atoms with Crippen molar-refractivity contribution < 1.29 is 9.21 Å². The van der Waals surface area contributed by atoms with Gasteiger partial charge in [-0.2, -0.15) is 0 Å². The van der Waals surface area contributed by atoms with Gasteiger partial charge < -0.3 is 15.5 Å². The first-order chi connectivity index (χ1) is 10.1. The highest BCUT2D eigenvalue weighted by Gasteiger charge is 2.24. The Hall–Kier alpha value is -1.52. The first-order valence-corrected chi connectivity index (χ1v) is 7.68. The Morgan fingerprint density at radius 3 is 2.71 bits per heavy atom. The van der Waals surface area contributed by atoms with Crippen molar-refractivity contribution in [3.63, 3.8) is 0 Å². The van der Waals surface area contributed by atoms with E-state index in [0.29, 0.717) is 16.4 Å². The minimum absolute atomic E-state index is 0.166. The second-order valence-electron chi connectivity index (χ2n) is 5.76. The molecule has 1 aliphatic carbocycles. The fraction of sp³-hybridized carbons (Fsp3) is 0.438. The predicted octanol–water partition coefficient (Wildman–Crippen LogP) is 3.39. The molecule has 0 unspecified atom stereocenters. The number of nitrogens with one attached hydrogen (secondary N) is 1. The van der Waals surface area contributed by atoms with Crippen molar-refractivity contribution >= 4 is 28.5 Å². The number of hydrogen-bond acceptors (Lipinski definition) is 3. The summed E-state index contributed by atoms with van der Waals surface area (Å²) in [7, 11) is 0. The predicted molar refractivity (Wildman–Crippen MR) is 83.7 cm³/mol. The number of rotatable bonds is 2. The van der Waals surface area contributed by atoms with Crippen molar-refractivity contribution in [3.05, 3.63) is 34.5 Å². The van der Waals surface area contributed by atoms with Crippen LogP contribution in [0.1, 0.15) is 41.8 Å². The number of benzene rings is 1. The number of nitrogens with two attached hydrogens (primary N) is 1. The SMILES string of the molecule is Cc1c(C(=O)NC2CCC(N)CC2)oc2c(Cl)cccc12. The number of furan rings is 1. The molecule has 1 saturated carbocycles. The van der Waals surface area contributed by atoms with Gasteiger partial charge in [0.25, 0.3) is 5.91 Å². The zero-order chi connectivity index (χ0) is 15.0. The molecule has 5 heteroatoms. The van der Waals surface area contributed by atoms with Gasteiger partial charge in [-0.1, -0.05) is 23.7 Å². The van der Waals surface area contributed by atoms with Gasteiger partial charge in [-0.25, -0.2) is 0 Å². The molecule has 1 aromatic carbocycles. The van der Waals surface area contributed by atoms with Gasteiger partial charge in [-0.05, 0) is 38.7 Å². The molecule has 0 atom stereocenters. The number of hydrogen-bond donors (Lipinski definition) is 2. The van der Waals surface area contributed by atoms with E-state index in [4.69, 9.17) is 21.8 Å². The van der Waals surface area contributed by atoms with Crippen molar-refractivity contribution in [1.82, 2.24) is 5.32 Å². The maximum absolute atomic E-state index is 12.4. The summed E-state index contributed by atoms with van der Waals surface area (Å²) in [6, 6.07) is 5.98. The van der Waals surface area contributed by atoms with Crippen LogP contribution in [0.2, 0.25) is 5.02 Å². The quantitative estimate of drug-likeness (QED) is 0.893. The molecule has 1 amide bonds. The number of amides is 1. The van der Waals surface area contributed by atoms with Crippen LogP contribution in [-0.4, -0.2) is 18.0 Å². The highest BCUT2D eigenvalue weighted by Crippen LogP contribution is 2.30. The van der Waals surface area contributed by atoms with Crippen molar-refractivity contribution in [2.75, 3.05) is 0 Å². The molecule has 3 rings (SSSR count). The van der Waals surface area contributed by atoms with E-state index in [1.807, 2.05) is 19.1 Å². The van der Waals surface area contributed by atoms with E-state index in [1.54, 1.807) is 6.07 Å². The highest BCUT2D eigenvalue weighted by molar-refractivity contribution is 6.35.